The molecule has 0 aliphatic carbocycles. The van der Waals surface area contributed by atoms with Crippen molar-refractivity contribution in [3.8, 4) is 0 Å². The zero-order chi connectivity index (χ0) is 23.4. The van der Waals surface area contributed by atoms with Crippen molar-refractivity contribution in [1.82, 2.24) is 9.97 Å². The number of aryl methyl sites for hydroxylation is 1. The van der Waals surface area contributed by atoms with E-state index < -0.39 is 21.0 Å². The zero-order valence-electron chi connectivity index (χ0n) is 19.0. The fraction of sp³-hybridized carbons (Fsp3) is 0.500. The smallest absolute Gasteiger partial charge is 0.265 e. The van der Waals surface area contributed by atoms with E-state index in [4.69, 9.17) is 0 Å². The molecule has 1 aliphatic rings. The maximum atomic E-state index is 13.5. The molecule has 0 fully saturated rings. The highest BCUT2D eigenvalue weighted by Gasteiger charge is 2.45. The van der Waals surface area contributed by atoms with Crippen LogP contribution in [0, 0.1) is 17.8 Å². The highest BCUT2D eigenvalue weighted by molar-refractivity contribution is 7.92. The van der Waals surface area contributed by atoms with E-state index in [1.54, 1.807) is 45.0 Å². The minimum absolute atomic E-state index is 0.0634. The number of anilines is 2. The average Bonchev–Trinajstić information content (AvgIpc) is 3.02. The van der Waals surface area contributed by atoms with Crippen LogP contribution >= 0.6 is 0 Å². The van der Waals surface area contributed by atoms with Crippen LogP contribution < -0.4 is 15.2 Å². The largest absolute Gasteiger partial charge is 0.296 e. The van der Waals surface area contributed by atoms with Gasteiger partial charge in [0.1, 0.15) is 0 Å². The standard InChI is InChI=1S/C22H30N4O4S/c1-13-8-10-14(11-9-13)31(29,30)26-12-15(21(2,3)4)16-17(26)23-20(24-18(16)27)25-19(28)22(5,6)7/h8-11,15H,12H2,1-7H3,(H2,23,24,25,27,28). The third-order valence-corrected chi connectivity index (χ3v) is 7.21. The molecule has 0 radical (unpaired) electrons. The molecule has 0 saturated carbocycles. The Kier molecular flexibility index (Phi) is 5.54. The van der Waals surface area contributed by atoms with Crippen LogP contribution in [0.5, 0.6) is 0 Å². The lowest BCUT2D eigenvalue weighted by Gasteiger charge is -2.27. The molecule has 8 nitrogen and oxygen atoms in total. The van der Waals surface area contributed by atoms with E-state index in [1.807, 2.05) is 27.7 Å². The van der Waals surface area contributed by atoms with Gasteiger partial charge in [-0.15, -0.1) is 0 Å². The number of amides is 1. The fourth-order valence-electron chi connectivity index (χ4n) is 3.43. The molecule has 0 bridgehead atoms. The molecule has 9 heteroatoms. The van der Waals surface area contributed by atoms with Gasteiger partial charge in [0, 0.05) is 17.9 Å². The van der Waals surface area contributed by atoms with E-state index in [0.717, 1.165) is 5.56 Å². The van der Waals surface area contributed by atoms with Gasteiger partial charge in [-0.05, 0) is 24.5 Å². The van der Waals surface area contributed by atoms with Gasteiger partial charge in [0.2, 0.25) is 11.9 Å². The summed E-state index contributed by atoms with van der Waals surface area (Å²) < 4.78 is 28.1. The molecule has 0 spiro atoms. The summed E-state index contributed by atoms with van der Waals surface area (Å²) in [5, 5.41) is 2.60. The summed E-state index contributed by atoms with van der Waals surface area (Å²) in [6.07, 6.45) is 0. The summed E-state index contributed by atoms with van der Waals surface area (Å²) >= 11 is 0. The number of hydrogen-bond donors (Lipinski definition) is 2. The summed E-state index contributed by atoms with van der Waals surface area (Å²) in [5.74, 6) is -0.698. The summed E-state index contributed by atoms with van der Waals surface area (Å²) in [6, 6.07) is 6.55. The Morgan fingerprint density at radius 1 is 1.13 bits per heavy atom. The molecule has 2 N–H and O–H groups in total. The van der Waals surface area contributed by atoms with Crippen molar-refractivity contribution < 1.29 is 13.2 Å². The highest BCUT2D eigenvalue weighted by Crippen LogP contribution is 2.45. The van der Waals surface area contributed by atoms with E-state index >= 15 is 0 Å². The predicted molar refractivity (Wildman–Crippen MR) is 121 cm³/mol. The first kappa shape index (κ1) is 23.0. The molecule has 168 valence electrons. The molecular weight excluding hydrogens is 416 g/mol. The average molecular weight is 447 g/mol. The number of hydrogen-bond acceptors (Lipinski definition) is 5. The van der Waals surface area contributed by atoms with Gasteiger partial charge in [0.25, 0.3) is 15.6 Å². The Balaban J connectivity index is 2.16. The monoisotopic (exact) mass is 446 g/mol. The van der Waals surface area contributed by atoms with Crippen LogP contribution in [0.3, 0.4) is 0 Å². The van der Waals surface area contributed by atoms with E-state index in [9.17, 15) is 18.0 Å². The van der Waals surface area contributed by atoms with E-state index in [0.29, 0.717) is 5.56 Å². The van der Waals surface area contributed by atoms with Gasteiger partial charge in [-0.3, -0.25) is 19.9 Å². The Morgan fingerprint density at radius 3 is 2.23 bits per heavy atom. The number of benzene rings is 1. The fourth-order valence-corrected chi connectivity index (χ4v) is 4.88. The maximum absolute atomic E-state index is 13.5. The normalized spacial score (nSPS) is 16.9. The maximum Gasteiger partial charge on any atom is 0.265 e. The van der Waals surface area contributed by atoms with Crippen LogP contribution in [-0.2, 0) is 14.8 Å². The number of rotatable bonds is 3. The van der Waals surface area contributed by atoms with Crippen molar-refractivity contribution in [3.05, 3.63) is 45.7 Å². The van der Waals surface area contributed by atoms with Crippen LogP contribution in [0.4, 0.5) is 11.8 Å². The molecule has 2 aromatic rings. The molecule has 1 amide bonds. The summed E-state index contributed by atoms with van der Waals surface area (Å²) in [4.78, 5) is 32.5. The van der Waals surface area contributed by atoms with Gasteiger partial charge in [0.05, 0.1) is 10.5 Å². The number of H-pyrrole nitrogens is 1. The van der Waals surface area contributed by atoms with Crippen molar-refractivity contribution in [3.63, 3.8) is 0 Å². The van der Waals surface area contributed by atoms with Gasteiger partial charge in [-0.2, -0.15) is 4.98 Å². The van der Waals surface area contributed by atoms with Gasteiger partial charge in [-0.25, -0.2) is 12.7 Å². The van der Waals surface area contributed by atoms with Gasteiger partial charge >= 0.3 is 0 Å². The topological polar surface area (TPSA) is 112 Å². The van der Waals surface area contributed by atoms with Crippen LogP contribution in [0.2, 0.25) is 0 Å². The second kappa shape index (κ2) is 7.47. The molecule has 1 aliphatic heterocycles. The number of nitrogens with one attached hydrogen (secondary N) is 2. The second-order valence-electron chi connectivity index (χ2n) is 10.1. The number of sulfonamides is 1. The molecule has 31 heavy (non-hydrogen) atoms. The van der Waals surface area contributed by atoms with Crippen LogP contribution in [0.25, 0.3) is 0 Å². The third-order valence-electron chi connectivity index (χ3n) is 5.44. The van der Waals surface area contributed by atoms with Crippen LogP contribution in [0.15, 0.2) is 34.0 Å². The Bertz CT molecular complexity index is 1170. The van der Waals surface area contributed by atoms with E-state index in [-0.39, 0.29) is 40.4 Å². The summed E-state index contributed by atoms with van der Waals surface area (Å²) in [6.45, 7) is 13.0. The molecule has 1 aromatic heterocycles. The van der Waals surface area contributed by atoms with Gasteiger partial charge in [-0.1, -0.05) is 59.2 Å². The molecule has 1 aromatic carbocycles. The van der Waals surface area contributed by atoms with Gasteiger partial charge in [0.15, 0.2) is 5.82 Å². The lowest BCUT2D eigenvalue weighted by atomic mass is 9.78. The Morgan fingerprint density at radius 2 is 1.71 bits per heavy atom. The van der Waals surface area contributed by atoms with Crippen molar-refractivity contribution in [2.75, 3.05) is 16.2 Å². The molecule has 2 heterocycles. The van der Waals surface area contributed by atoms with Crippen LogP contribution in [-0.4, -0.2) is 30.8 Å². The summed E-state index contributed by atoms with van der Waals surface area (Å²) in [7, 11) is -3.95. The first-order chi connectivity index (χ1) is 14.1. The molecule has 1 unspecified atom stereocenters. The number of carbonyl (C=O) groups excluding carboxylic acids is 1. The number of nitrogens with zero attached hydrogens (tertiary/aromatic N) is 2. The third kappa shape index (κ3) is 4.37. The second-order valence-corrected chi connectivity index (χ2v) is 12.0. The number of carbonyl (C=O) groups is 1. The molecule has 1 atom stereocenters. The quantitative estimate of drug-likeness (QED) is 0.750. The highest BCUT2D eigenvalue weighted by atomic mass is 32.2. The molecule has 3 rings (SSSR count). The molecule has 0 saturated heterocycles. The SMILES string of the molecule is Cc1ccc(S(=O)(=O)N2CC(C(C)(C)C)c3c2nc(NC(=O)C(C)(C)C)[nH]c3=O)cc1. The van der Waals surface area contributed by atoms with Crippen molar-refractivity contribution in [2.24, 2.45) is 10.8 Å². The van der Waals surface area contributed by atoms with Crippen LogP contribution in [0.1, 0.15) is 58.6 Å². The Hall–Kier alpha value is -2.68. The minimum Gasteiger partial charge on any atom is -0.296 e. The number of fused-ring (bicyclic) bond motifs is 1. The van der Waals surface area contributed by atoms with E-state index in [2.05, 4.69) is 15.3 Å². The van der Waals surface area contributed by atoms with Gasteiger partial charge < -0.3 is 0 Å². The van der Waals surface area contributed by atoms with Crippen molar-refractivity contribution in [1.29, 1.82) is 0 Å². The molecular formula is C22H30N4O4S. The zero-order valence-corrected chi connectivity index (χ0v) is 19.8. The van der Waals surface area contributed by atoms with E-state index in [1.165, 1.54) is 4.31 Å². The predicted octanol–water partition coefficient (Wildman–Crippen LogP) is 3.40. The number of aromatic nitrogens is 2. The minimum atomic E-state index is -3.95. The first-order valence-corrected chi connectivity index (χ1v) is 11.6. The van der Waals surface area contributed by atoms with Crippen molar-refractivity contribution in [2.45, 2.75) is 59.3 Å². The number of aromatic amines is 1. The Labute approximate surface area is 183 Å². The van der Waals surface area contributed by atoms with Crippen molar-refractivity contribution >= 4 is 27.7 Å². The lowest BCUT2D eigenvalue weighted by molar-refractivity contribution is -0.123. The lowest BCUT2D eigenvalue weighted by Crippen LogP contribution is -2.33. The first-order valence-electron chi connectivity index (χ1n) is 10.2. The summed E-state index contributed by atoms with van der Waals surface area (Å²) in [5.41, 5.74) is -0.279.